The summed E-state index contributed by atoms with van der Waals surface area (Å²) >= 11 is 0. The van der Waals surface area contributed by atoms with Gasteiger partial charge in [0, 0.05) is 24.8 Å². The molecule has 0 aromatic heterocycles. The average molecular weight is 275 g/mol. The molecule has 1 aromatic carbocycles. The molecule has 0 aliphatic carbocycles. The molecule has 1 aromatic rings. The van der Waals surface area contributed by atoms with Gasteiger partial charge in [-0.15, -0.1) is 0 Å². The minimum absolute atomic E-state index is 0.131. The van der Waals surface area contributed by atoms with Crippen molar-refractivity contribution in [1.82, 2.24) is 0 Å². The number of amidine groups is 1. The van der Waals surface area contributed by atoms with Gasteiger partial charge in [-0.2, -0.15) is 0 Å². The van der Waals surface area contributed by atoms with Gasteiger partial charge in [0.25, 0.3) is 0 Å². The second kappa shape index (κ2) is 9.40. The van der Waals surface area contributed by atoms with Crippen molar-refractivity contribution in [2.45, 2.75) is 51.9 Å². The van der Waals surface area contributed by atoms with E-state index in [9.17, 15) is 0 Å². The van der Waals surface area contributed by atoms with Crippen LogP contribution >= 0.6 is 0 Å². The Balaban J connectivity index is 2.22. The molecule has 0 radical (unpaired) electrons. The summed E-state index contributed by atoms with van der Waals surface area (Å²) in [5.74, 6) is 0.131. The van der Waals surface area contributed by atoms with Gasteiger partial charge in [-0.25, -0.2) is 0 Å². The van der Waals surface area contributed by atoms with Crippen LogP contribution in [-0.2, 0) is 0 Å². The fraction of sp³-hybridized carbons (Fsp3) is 0.588. The van der Waals surface area contributed by atoms with Crippen molar-refractivity contribution < 1.29 is 0 Å². The summed E-state index contributed by atoms with van der Waals surface area (Å²) in [5.41, 5.74) is 7.44. The van der Waals surface area contributed by atoms with E-state index in [1.54, 1.807) is 0 Å². The molecule has 0 saturated heterocycles. The van der Waals surface area contributed by atoms with E-state index in [1.807, 2.05) is 24.3 Å². The molecule has 0 heterocycles. The molecule has 3 nitrogen and oxygen atoms in total. The molecule has 1 rings (SSSR count). The number of hydrogen-bond donors (Lipinski definition) is 2. The fourth-order valence-corrected chi connectivity index (χ4v) is 2.33. The number of hydrogen-bond acceptors (Lipinski definition) is 2. The molecule has 3 heteroatoms. The molecule has 0 unspecified atom stereocenters. The summed E-state index contributed by atoms with van der Waals surface area (Å²) in [4.78, 5) is 2.27. The van der Waals surface area contributed by atoms with E-state index in [-0.39, 0.29) is 5.84 Å². The average Bonchev–Trinajstić information content (AvgIpc) is 2.46. The maximum atomic E-state index is 7.38. The van der Waals surface area contributed by atoms with Crippen LogP contribution in [0.25, 0.3) is 0 Å². The largest absolute Gasteiger partial charge is 0.384 e. The van der Waals surface area contributed by atoms with Crippen LogP contribution in [-0.4, -0.2) is 19.4 Å². The van der Waals surface area contributed by atoms with E-state index in [0.29, 0.717) is 0 Å². The van der Waals surface area contributed by atoms with Gasteiger partial charge in [0.2, 0.25) is 0 Å². The molecule has 0 aliphatic heterocycles. The number of nitrogens with one attached hydrogen (secondary N) is 1. The van der Waals surface area contributed by atoms with Gasteiger partial charge in [0.1, 0.15) is 5.84 Å². The maximum absolute atomic E-state index is 7.38. The lowest BCUT2D eigenvalue weighted by molar-refractivity contribution is 0.588. The number of benzene rings is 1. The third-order valence-corrected chi connectivity index (χ3v) is 3.72. The molecule has 3 N–H and O–H groups in total. The van der Waals surface area contributed by atoms with Crippen molar-refractivity contribution >= 4 is 11.5 Å². The van der Waals surface area contributed by atoms with Crippen molar-refractivity contribution in [2.24, 2.45) is 5.73 Å². The zero-order chi connectivity index (χ0) is 14.8. The van der Waals surface area contributed by atoms with E-state index in [0.717, 1.165) is 12.1 Å². The molecular weight excluding hydrogens is 246 g/mol. The first-order valence-electron chi connectivity index (χ1n) is 7.80. The van der Waals surface area contributed by atoms with Gasteiger partial charge >= 0.3 is 0 Å². The minimum Gasteiger partial charge on any atom is -0.384 e. The normalized spacial score (nSPS) is 10.5. The molecule has 20 heavy (non-hydrogen) atoms. The predicted molar refractivity (Wildman–Crippen MR) is 88.7 cm³/mol. The molecule has 0 amide bonds. The first-order chi connectivity index (χ1) is 9.65. The standard InChI is InChI=1S/C17H29N3/c1-3-4-5-6-7-8-9-14-20(2)16-12-10-15(11-13-16)17(18)19/h10-13H,3-9,14H2,1-2H3,(H3,18,19). The van der Waals surface area contributed by atoms with Crippen molar-refractivity contribution in [3.8, 4) is 0 Å². The number of nitrogens with two attached hydrogens (primary N) is 1. The quantitative estimate of drug-likeness (QED) is 0.383. The van der Waals surface area contributed by atoms with Crippen LogP contribution in [0.2, 0.25) is 0 Å². The lowest BCUT2D eigenvalue weighted by Crippen LogP contribution is -2.18. The van der Waals surface area contributed by atoms with Crippen LogP contribution in [0.15, 0.2) is 24.3 Å². The maximum Gasteiger partial charge on any atom is 0.122 e. The Hall–Kier alpha value is -1.51. The number of nitrogens with zero attached hydrogens (tertiary/aromatic N) is 1. The Labute approximate surface area is 123 Å². The first kappa shape index (κ1) is 16.5. The van der Waals surface area contributed by atoms with E-state index in [2.05, 4.69) is 18.9 Å². The summed E-state index contributed by atoms with van der Waals surface area (Å²) in [6, 6.07) is 7.91. The van der Waals surface area contributed by atoms with E-state index < -0.39 is 0 Å². The molecular formula is C17H29N3. The summed E-state index contributed by atoms with van der Waals surface area (Å²) in [7, 11) is 2.12. The van der Waals surface area contributed by atoms with E-state index in [1.165, 1.54) is 50.6 Å². The summed E-state index contributed by atoms with van der Waals surface area (Å²) in [6.45, 7) is 3.35. The molecule has 0 bridgehead atoms. The SMILES string of the molecule is CCCCCCCCCN(C)c1ccc(C(=N)N)cc1. The number of rotatable bonds is 10. The molecule has 0 saturated carbocycles. The highest BCUT2D eigenvalue weighted by molar-refractivity contribution is 5.95. The number of unbranched alkanes of at least 4 members (excludes halogenated alkanes) is 6. The lowest BCUT2D eigenvalue weighted by Gasteiger charge is -2.19. The highest BCUT2D eigenvalue weighted by Gasteiger charge is 2.02. The Morgan fingerprint density at radius 3 is 2.10 bits per heavy atom. The van der Waals surface area contributed by atoms with Gasteiger partial charge in [-0.1, -0.05) is 45.4 Å². The van der Waals surface area contributed by atoms with Crippen molar-refractivity contribution in [3.05, 3.63) is 29.8 Å². The smallest absolute Gasteiger partial charge is 0.122 e. The summed E-state index contributed by atoms with van der Waals surface area (Å²) in [6.07, 6.45) is 9.39. The van der Waals surface area contributed by atoms with Crippen LogP contribution < -0.4 is 10.6 Å². The van der Waals surface area contributed by atoms with Crippen LogP contribution in [0.5, 0.6) is 0 Å². The Bertz CT molecular complexity index is 384. The number of nitrogen functional groups attached to an aromatic ring is 1. The molecule has 0 aliphatic rings. The second-order valence-electron chi connectivity index (χ2n) is 5.50. The molecule has 112 valence electrons. The summed E-state index contributed by atoms with van der Waals surface area (Å²) in [5, 5.41) is 7.38. The van der Waals surface area contributed by atoms with Gasteiger partial charge < -0.3 is 10.6 Å². The van der Waals surface area contributed by atoms with Crippen molar-refractivity contribution in [2.75, 3.05) is 18.5 Å². The highest BCUT2D eigenvalue weighted by Crippen LogP contribution is 2.15. The zero-order valence-electron chi connectivity index (χ0n) is 13.0. The van der Waals surface area contributed by atoms with Crippen LogP contribution in [0.3, 0.4) is 0 Å². The van der Waals surface area contributed by atoms with Crippen LogP contribution in [0, 0.1) is 5.41 Å². The third-order valence-electron chi connectivity index (χ3n) is 3.72. The van der Waals surface area contributed by atoms with Crippen LogP contribution in [0.1, 0.15) is 57.4 Å². The monoisotopic (exact) mass is 275 g/mol. The lowest BCUT2D eigenvalue weighted by atomic mass is 10.1. The van der Waals surface area contributed by atoms with Gasteiger partial charge in [-0.3, -0.25) is 5.41 Å². The van der Waals surface area contributed by atoms with Crippen molar-refractivity contribution in [3.63, 3.8) is 0 Å². The van der Waals surface area contributed by atoms with Gasteiger partial charge in [0.15, 0.2) is 0 Å². The van der Waals surface area contributed by atoms with Gasteiger partial charge in [-0.05, 0) is 30.7 Å². The second-order valence-corrected chi connectivity index (χ2v) is 5.50. The topological polar surface area (TPSA) is 53.1 Å². The Morgan fingerprint density at radius 1 is 1.00 bits per heavy atom. The van der Waals surface area contributed by atoms with Crippen molar-refractivity contribution in [1.29, 1.82) is 5.41 Å². The highest BCUT2D eigenvalue weighted by atomic mass is 15.1. The minimum atomic E-state index is 0.131. The third kappa shape index (κ3) is 6.09. The van der Waals surface area contributed by atoms with Gasteiger partial charge in [0.05, 0.1) is 0 Å². The van der Waals surface area contributed by atoms with E-state index >= 15 is 0 Å². The fourth-order valence-electron chi connectivity index (χ4n) is 2.33. The van der Waals surface area contributed by atoms with E-state index in [4.69, 9.17) is 11.1 Å². The Kier molecular flexibility index (Phi) is 7.78. The molecule has 0 atom stereocenters. The number of anilines is 1. The molecule has 0 fully saturated rings. The van der Waals surface area contributed by atoms with Crippen LogP contribution in [0.4, 0.5) is 5.69 Å². The predicted octanol–water partition coefficient (Wildman–Crippen LogP) is 4.16. The Morgan fingerprint density at radius 2 is 1.55 bits per heavy atom. The zero-order valence-corrected chi connectivity index (χ0v) is 13.0. The summed E-state index contributed by atoms with van der Waals surface area (Å²) < 4.78 is 0. The first-order valence-corrected chi connectivity index (χ1v) is 7.80. The molecule has 0 spiro atoms.